The Morgan fingerprint density at radius 2 is 1.92 bits per heavy atom. The zero-order valence-corrected chi connectivity index (χ0v) is 8.35. The first-order valence-corrected chi connectivity index (χ1v) is 3.71. The van der Waals surface area contributed by atoms with Crippen LogP contribution in [0.15, 0.2) is 24.3 Å². The highest BCUT2D eigenvalue weighted by Crippen LogP contribution is 2.10. The Balaban J connectivity index is 0.00000144. The van der Waals surface area contributed by atoms with Crippen LogP contribution in [0.4, 0.5) is 10.1 Å². The molecule has 1 aromatic rings. The fraction of sp³-hybridized carbons (Fsp3) is 0.222. The molecule has 0 saturated heterocycles. The number of rotatable bonds is 2. The number of para-hydroxylation sites is 1. The van der Waals surface area contributed by atoms with E-state index in [4.69, 9.17) is 0 Å². The highest BCUT2D eigenvalue weighted by molar-refractivity contribution is 5.72. The molecule has 0 fully saturated rings. The van der Waals surface area contributed by atoms with Crippen molar-refractivity contribution in [2.45, 2.75) is 0 Å². The Kier molecular flexibility index (Phi) is 5.07. The van der Waals surface area contributed by atoms with E-state index in [2.05, 4.69) is 5.32 Å². The number of anilines is 1. The van der Waals surface area contributed by atoms with Gasteiger partial charge in [0.1, 0.15) is 0 Å². The normalized spacial score (nSPS) is 8.54. The van der Waals surface area contributed by atoms with Crippen LogP contribution >= 0.6 is 0 Å². The Morgan fingerprint density at radius 3 is 2.46 bits per heavy atom. The molecule has 0 saturated carbocycles. The van der Waals surface area contributed by atoms with Crippen molar-refractivity contribution in [3.63, 3.8) is 0 Å². The first kappa shape index (κ1) is 11.9. The van der Waals surface area contributed by atoms with E-state index in [0.717, 1.165) is 0 Å². The number of nitrogens with one attached hydrogen (secondary N) is 1. The van der Waals surface area contributed by atoms with Crippen molar-refractivity contribution >= 4 is 12.0 Å². The summed E-state index contributed by atoms with van der Waals surface area (Å²) in [5.41, 5.74) is 0.492. The number of hydrogen-bond acceptors (Lipinski definition) is 0. The molecule has 0 aliphatic heterocycles. The van der Waals surface area contributed by atoms with Gasteiger partial charge in [-0.25, -0.2) is 9.71 Å². The third kappa shape index (κ3) is 3.90. The maximum absolute atomic E-state index is 12.9. The molecule has 0 radical (unpaired) electrons. The van der Waals surface area contributed by atoms with Gasteiger partial charge < -0.3 is 12.4 Å². The predicted octanol–water partition coefficient (Wildman–Crippen LogP) is -1.46. The van der Waals surface area contributed by atoms with Crippen LogP contribution in [0.5, 0.6) is 0 Å². The molecule has 0 amide bonds. The second-order valence-electron chi connectivity index (χ2n) is 2.72. The van der Waals surface area contributed by atoms with Gasteiger partial charge in [-0.15, -0.1) is 0 Å². The van der Waals surface area contributed by atoms with E-state index >= 15 is 0 Å². The lowest BCUT2D eigenvalue weighted by molar-refractivity contribution is -0.459. The predicted molar refractivity (Wildman–Crippen MR) is 48.2 cm³/mol. The van der Waals surface area contributed by atoms with Gasteiger partial charge in [-0.3, -0.25) is 4.58 Å². The van der Waals surface area contributed by atoms with Gasteiger partial charge in [-0.1, -0.05) is 12.1 Å². The summed E-state index contributed by atoms with van der Waals surface area (Å²) in [5.74, 6) is -0.240. The van der Waals surface area contributed by atoms with Crippen LogP contribution < -0.4 is 17.7 Å². The molecule has 0 heterocycles. The van der Waals surface area contributed by atoms with Crippen molar-refractivity contribution in [3.8, 4) is 0 Å². The lowest BCUT2D eigenvalue weighted by atomic mass is 10.3. The molecule has 0 spiro atoms. The third-order valence-corrected chi connectivity index (χ3v) is 1.35. The van der Waals surface area contributed by atoms with E-state index in [1.807, 2.05) is 18.7 Å². The van der Waals surface area contributed by atoms with Crippen molar-refractivity contribution in [3.05, 3.63) is 30.1 Å². The van der Waals surface area contributed by atoms with E-state index in [9.17, 15) is 4.39 Å². The van der Waals surface area contributed by atoms with Crippen LogP contribution in [0.1, 0.15) is 0 Å². The van der Waals surface area contributed by atoms with Gasteiger partial charge in [-0.05, 0) is 12.1 Å². The number of benzene rings is 1. The highest BCUT2D eigenvalue weighted by atomic mass is 35.5. The number of hydrogen-bond donors (Lipinski definition) is 1. The van der Waals surface area contributed by atoms with Crippen LogP contribution in [0.2, 0.25) is 0 Å². The molecular formula is C9H12ClFN2. The molecule has 0 aliphatic carbocycles. The van der Waals surface area contributed by atoms with E-state index in [1.54, 1.807) is 24.5 Å². The smallest absolute Gasteiger partial charge is 0.236 e. The fourth-order valence-corrected chi connectivity index (χ4v) is 0.777. The fourth-order valence-electron chi connectivity index (χ4n) is 0.777. The van der Waals surface area contributed by atoms with E-state index < -0.39 is 0 Å². The Hall–Kier alpha value is -1.09. The molecule has 1 aromatic carbocycles. The monoisotopic (exact) mass is 202 g/mol. The molecule has 0 unspecified atom stereocenters. The van der Waals surface area contributed by atoms with Gasteiger partial charge in [-0.2, -0.15) is 0 Å². The second kappa shape index (κ2) is 5.54. The topological polar surface area (TPSA) is 15.0 Å². The quantitative estimate of drug-likeness (QED) is 0.352. The van der Waals surface area contributed by atoms with Crippen LogP contribution in [0, 0.1) is 5.82 Å². The summed E-state index contributed by atoms with van der Waals surface area (Å²) in [5, 5.41) is 2.84. The Labute approximate surface area is 83.5 Å². The van der Waals surface area contributed by atoms with E-state index in [-0.39, 0.29) is 18.2 Å². The first-order valence-electron chi connectivity index (χ1n) is 3.71. The molecule has 1 rings (SSSR count). The molecule has 13 heavy (non-hydrogen) atoms. The number of halogens is 2. The Bertz CT molecular complexity index is 295. The summed E-state index contributed by atoms with van der Waals surface area (Å²) < 4.78 is 14.8. The summed E-state index contributed by atoms with van der Waals surface area (Å²) in [6.45, 7) is 0. The summed E-state index contributed by atoms with van der Waals surface area (Å²) >= 11 is 0. The van der Waals surface area contributed by atoms with Crippen LogP contribution in [0.25, 0.3) is 0 Å². The van der Waals surface area contributed by atoms with Crippen molar-refractivity contribution in [1.29, 1.82) is 0 Å². The minimum Gasteiger partial charge on any atom is -1.00 e. The molecule has 0 atom stereocenters. The third-order valence-electron chi connectivity index (χ3n) is 1.35. The summed E-state index contributed by atoms with van der Waals surface area (Å²) in [7, 11) is 3.74. The lowest BCUT2D eigenvalue weighted by Gasteiger charge is -1.95. The molecule has 0 bridgehead atoms. The SMILES string of the molecule is C[N+](C)=CNc1ccccc1F.[Cl-]. The average molecular weight is 203 g/mol. The molecular weight excluding hydrogens is 191 g/mol. The molecule has 0 aliphatic rings. The summed E-state index contributed by atoms with van der Waals surface area (Å²) in [6.07, 6.45) is 1.69. The van der Waals surface area contributed by atoms with Crippen molar-refractivity contribution in [2.75, 3.05) is 19.4 Å². The molecule has 1 N–H and O–H groups in total. The highest BCUT2D eigenvalue weighted by Gasteiger charge is 2.00. The van der Waals surface area contributed by atoms with Crippen molar-refractivity contribution in [2.24, 2.45) is 0 Å². The maximum atomic E-state index is 12.9. The molecule has 2 nitrogen and oxygen atoms in total. The summed E-state index contributed by atoms with van der Waals surface area (Å²) in [6, 6.07) is 6.56. The van der Waals surface area contributed by atoms with Gasteiger partial charge in [0, 0.05) is 0 Å². The lowest BCUT2D eigenvalue weighted by Crippen LogP contribution is -3.00. The van der Waals surface area contributed by atoms with Crippen LogP contribution in [-0.4, -0.2) is 25.0 Å². The van der Waals surface area contributed by atoms with Gasteiger partial charge in [0.05, 0.1) is 14.1 Å². The zero-order valence-electron chi connectivity index (χ0n) is 7.59. The van der Waals surface area contributed by atoms with Gasteiger partial charge in [0.15, 0.2) is 11.5 Å². The standard InChI is InChI=1S/C9H11FN2.ClH/c1-12(2)7-11-9-6-4-3-5-8(9)10;/h3-7H,1-2H3;1H. The van der Waals surface area contributed by atoms with Gasteiger partial charge >= 0.3 is 0 Å². The van der Waals surface area contributed by atoms with E-state index in [1.165, 1.54) is 6.07 Å². The molecule has 0 aromatic heterocycles. The van der Waals surface area contributed by atoms with E-state index in [0.29, 0.717) is 5.69 Å². The largest absolute Gasteiger partial charge is 1.00 e. The van der Waals surface area contributed by atoms with Crippen LogP contribution in [-0.2, 0) is 0 Å². The molecule has 72 valence electrons. The van der Waals surface area contributed by atoms with Gasteiger partial charge in [0.2, 0.25) is 6.34 Å². The Morgan fingerprint density at radius 1 is 1.31 bits per heavy atom. The van der Waals surface area contributed by atoms with Gasteiger partial charge in [0.25, 0.3) is 0 Å². The molecule has 4 heteroatoms. The van der Waals surface area contributed by atoms with Crippen LogP contribution in [0.3, 0.4) is 0 Å². The minimum atomic E-state index is -0.240. The number of nitrogens with zero attached hydrogens (tertiary/aromatic N) is 1. The van der Waals surface area contributed by atoms with Crippen molar-refractivity contribution < 1.29 is 21.4 Å². The van der Waals surface area contributed by atoms with Crippen molar-refractivity contribution in [1.82, 2.24) is 0 Å². The maximum Gasteiger partial charge on any atom is 0.236 e. The summed E-state index contributed by atoms with van der Waals surface area (Å²) in [4.78, 5) is 0. The average Bonchev–Trinajstić information content (AvgIpc) is 2.03. The first-order chi connectivity index (χ1) is 5.70. The minimum absolute atomic E-state index is 0. The zero-order chi connectivity index (χ0) is 8.97. The second-order valence-corrected chi connectivity index (χ2v) is 2.72.